The van der Waals surface area contributed by atoms with E-state index in [4.69, 9.17) is 4.42 Å². The Morgan fingerprint density at radius 1 is 0.306 bits per heavy atom. The smallest absolute Gasteiger partial charge is 0.143 e. The van der Waals surface area contributed by atoms with E-state index in [9.17, 15) is 0 Å². The van der Waals surface area contributed by atoms with Crippen molar-refractivity contribution < 1.29 is 4.42 Å². The average Bonchev–Trinajstić information content (AvgIpc) is 3.89. The minimum absolute atomic E-state index is 0.890. The van der Waals surface area contributed by atoms with Crippen LogP contribution in [0.25, 0.3) is 71.3 Å². The summed E-state index contributed by atoms with van der Waals surface area (Å²) in [7, 11) is 0. The summed E-state index contributed by atoms with van der Waals surface area (Å²) >= 11 is 0. The van der Waals surface area contributed by atoms with E-state index < -0.39 is 0 Å². The Labute approximate surface area is 359 Å². The van der Waals surface area contributed by atoms with Crippen molar-refractivity contribution in [2.24, 2.45) is 0 Å². The van der Waals surface area contributed by atoms with Crippen LogP contribution in [0.3, 0.4) is 0 Å². The van der Waals surface area contributed by atoms with Gasteiger partial charge in [0.2, 0.25) is 0 Å². The molecular weight excluding hydrogens is 755 g/mol. The van der Waals surface area contributed by atoms with Crippen LogP contribution < -0.4 is 9.80 Å². The molecule has 292 valence electrons. The zero-order valence-electron chi connectivity index (χ0n) is 33.8. The van der Waals surface area contributed by atoms with E-state index in [1.54, 1.807) is 0 Å². The van der Waals surface area contributed by atoms with Crippen molar-refractivity contribution in [1.29, 1.82) is 0 Å². The van der Waals surface area contributed by atoms with E-state index in [2.05, 4.69) is 245 Å². The number of aromatic nitrogens is 1. The molecule has 0 aliphatic carbocycles. The van der Waals surface area contributed by atoms with Gasteiger partial charge in [-0.1, -0.05) is 146 Å². The molecule has 0 radical (unpaired) electrons. The lowest BCUT2D eigenvalue weighted by Crippen LogP contribution is -2.11. The van der Waals surface area contributed by atoms with Crippen LogP contribution in [0.1, 0.15) is 0 Å². The zero-order valence-corrected chi connectivity index (χ0v) is 33.8. The zero-order chi connectivity index (χ0) is 41.0. The highest BCUT2D eigenvalue weighted by atomic mass is 16.3. The molecule has 0 saturated carbocycles. The van der Waals surface area contributed by atoms with Gasteiger partial charge in [0.1, 0.15) is 11.2 Å². The quantitative estimate of drug-likeness (QED) is 0.153. The highest BCUT2D eigenvalue weighted by molar-refractivity contribution is 6.19. The molecule has 0 amide bonds. The fourth-order valence-corrected chi connectivity index (χ4v) is 9.34. The van der Waals surface area contributed by atoms with Gasteiger partial charge in [-0.05, 0) is 102 Å². The molecule has 2 aromatic heterocycles. The Balaban J connectivity index is 1.01. The van der Waals surface area contributed by atoms with E-state index in [0.717, 1.165) is 89.2 Å². The standard InChI is InChI=1S/C58H39N3O/c1-4-20-42(21-5-1)59(47-34-35-50-48-28-12-14-32-54(48)61(55(50)38-47)44-24-8-3-9-25-44)45-26-16-18-40(36-45)41-19-17-27-46(37-41)60(43-22-6-2-7-23-43)56-39-53-51-30-13-15-33-57(51)62-58(53)52-31-11-10-29-49(52)56/h1-39H. The van der Waals surface area contributed by atoms with Crippen LogP contribution in [0.2, 0.25) is 0 Å². The molecule has 0 spiro atoms. The lowest BCUT2D eigenvalue weighted by Gasteiger charge is -2.28. The van der Waals surface area contributed by atoms with Gasteiger partial charge < -0.3 is 18.8 Å². The van der Waals surface area contributed by atoms with Gasteiger partial charge in [-0.3, -0.25) is 0 Å². The molecule has 4 heteroatoms. The molecule has 0 fully saturated rings. The Kier molecular flexibility index (Phi) is 8.46. The van der Waals surface area contributed by atoms with Gasteiger partial charge in [0.25, 0.3) is 0 Å². The van der Waals surface area contributed by atoms with Crippen LogP contribution in [0, 0.1) is 0 Å². The van der Waals surface area contributed by atoms with Gasteiger partial charge in [-0.2, -0.15) is 0 Å². The van der Waals surface area contributed by atoms with E-state index in [0.29, 0.717) is 0 Å². The minimum atomic E-state index is 0.890. The number of nitrogens with zero attached hydrogens (tertiary/aromatic N) is 3. The SMILES string of the molecule is c1ccc(N(c2cccc(-c3cccc(N(c4ccccc4)c4cc5c6ccccc6oc5c5ccccc45)c3)c2)c2ccc3c4ccccc4n(-c4ccccc4)c3c2)cc1. The molecule has 0 atom stereocenters. The van der Waals surface area contributed by atoms with Crippen molar-refractivity contribution in [1.82, 2.24) is 4.57 Å². The summed E-state index contributed by atoms with van der Waals surface area (Å²) in [4.78, 5) is 4.75. The second-order valence-electron chi connectivity index (χ2n) is 15.7. The first-order valence-corrected chi connectivity index (χ1v) is 21.1. The van der Waals surface area contributed by atoms with Crippen molar-refractivity contribution in [3.63, 3.8) is 0 Å². The molecule has 0 unspecified atom stereocenters. The fourth-order valence-electron chi connectivity index (χ4n) is 9.34. The highest BCUT2D eigenvalue weighted by Crippen LogP contribution is 2.46. The summed E-state index contributed by atoms with van der Waals surface area (Å²) in [5, 5.41) is 6.88. The Bertz CT molecular complexity index is 3590. The van der Waals surface area contributed by atoms with Crippen LogP contribution in [-0.2, 0) is 0 Å². The van der Waals surface area contributed by atoms with Crippen LogP contribution >= 0.6 is 0 Å². The molecule has 10 aromatic carbocycles. The van der Waals surface area contributed by atoms with Crippen molar-refractivity contribution >= 4 is 88.6 Å². The number of para-hydroxylation sites is 5. The lowest BCUT2D eigenvalue weighted by molar-refractivity contribution is 0.672. The van der Waals surface area contributed by atoms with Gasteiger partial charge in [0, 0.05) is 66.4 Å². The number of benzene rings is 10. The highest BCUT2D eigenvalue weighted by Gasteiger charge is 2.22. The maximum atomic E-state index is 6.52. The summed E-state index contributed by atoms with van der Waals surface area (Å²) in [5.41, 5.74) is 14.0. The third-order valence-electron chi connectivity index (χ3n) is 12.1. The number of furan rings is 1. The van der Waals surface area contributed by atoms with Crippen LogP contribution in [0.4, 0.5) is 34.1 Å². The van der Waals surface area contributed by atoms with Gasteiger partial charge in [-0.25, -0.2) is 0 Å². The maximum absolute atomic E-state index is 6.52. The lowest BCUT2D eigenvalue weighted by atomic mass is 10.0. The molecule has 12 aromatic rings. The van der Waals surface area contributed by atoms with Crippen molar-refractivity contribution in [2.45, 2.75) is 0 Å². The first-order chi connectivity index (χ1) is 30.8. The Morgan fingerprint density at radius 2 is 0.823 bits per heavy atom. The third-order valence-corrected chi connectivity index (χ3v) is 12.1. The molecule has 0 N–H and O–H groups in total. The largest absolute Gasteiger partial charge is 0.455 e. The second-order valence-corrected chi connectivity index (χ2v) is 15.7. The van der Waals surface area contributed by atoms with Crippen molar-refractivity contribution in [3.05, 3.63) is 237 Å². The summed E-state index contributed by atoms with van der Waals surface area (Å²) in [6.07, 6.45) is 0. The van der Waals surface area contributed by atoms with E-state index >= 15 is 0 Å². The Hall–Kier alpha value is -8.34. The van der Waals surface area contributed by atoms with Crippen molar-refractivity contribution in [2.75, 3.05) is 9.80 Å². The average molecular weight is 794 g/mol. The molecule has 12 rings (SSSR count). The van der Waals surface area contributed by atoms with Crippen molar-refractivity contribution in [3.8, 4) is 16.8 Å². The molecular formula is C58H39N3O. The van der Waals surface area contributed by atoms with E-state index in [1.165, 1.54) is 16.3 Å². The molecule has 62 heavy (non-hydrogen) atoms. The molecule has 4 nitrogen and oxygen atoms in total. The number of fused-ring (bicyclic) bond motifs is 8. The number of rotatable bonds is 8. The van der Waals surface area contributed by atoms with Crippen LogP contribution in [0.5, 0.6) is 0 Å². The maximum Gasteiger partial charge on any atom is 0.143 e. The monoisotopic (exact) mass is 793 g/mol. The number of hydrogen-bond donors (Lipinski definition) is 0. The summed E-state index contributed by atoms with van der Waals surface area (Å²) in [6, 6.07) is 84.6. The van der Waals surface area contributed by atoms with Gasteiger partial charge >= 0.3 is 0 Å². The summed E-state index contributed by atoms with van der Waals surface area (Å²) in [6.45, 7) is 0. The minimum Gasteiger partial charge on any atom is -0.455 e. The van der Waals surface area contributed by atoms with E-state index in [-0.39, 0.29) is 0 Å². The second kappa shape index (κ2) is 14.7. The van der Waals surface area contributed by atoms with Gasteiger partial charge in [0.15, 0.2) is 0 Å². The number of anilines is 6. The molecule has 2 heterocycles. The van der Waals surface area contributed by atoms with Gasteiger partial charge in [-0.15, -0.1) is 0 Å². The summed E-state index contributed by atoms with van der Waals surface area (Å²) < 4.78 is 8.90. The molecule has 0 bridgehead atoms. The first kappa shape index (κ1) is 35.6. The topological polar surface area (TPSA) is 24.6 Å². The normalized spacial score (nSPS) is 11.5. The first-order valence-electron chi connectivity index (χ1n) is 21.1. The number of hydrogen-bond acceptors (Lipinski definition) is 3. The third kappa shape index (κ3) is 5.92. The Morgan fingerprint density at radius 3 is 1.53 bits per heavy atom. The predicted octanol–water partition coefficient (Wildman–Crippen LogP) is 16.4. The molecule has 0 saturated heterocycles. The molecule has 0 aliphatic heterocycles. The molecule has 0 aliphatic rings. The van der Waals surface area contributed by atoms with E-state index in [1.807, 2.05) is 6.07 Å². The van der Waals surface area contributed by atoms with Crippen LogP contribution in [0.15, 0.2) is 241 Å². The van der Waals surface area contributed by atoms with Gasteiger partial charge in [0.05, 0.1) is 16.7 Å². The summed E-state index contributed by atoms with van der Waals surface area (Å²) in [5.74, 6) is 0. The van der Waals surface area contributed by atoms with Crippen LogP contribution in [-0.4, -0.2) is 4.57 Å². The predicted molar refractivity (Wildman–Crippen MR) is 260 cm³/mol. The fraction of sp³-hybridized carbons (Fsp3) is 0.